The second-order valence-corrected chi connectivity index (χ2v) is 5.07. The molecule has 1 aliphatic heterocycles. The van der Waals surface area contributed by atoms with Crippen LogP contribution in [-0.4, -0.2) is 29.4 Å². The molecule has 1 aromatic carbocycles. The lowest BCUT2D eigenvalue weighted by Crippen LogP contribution is -2.33. The van der Waals surface area contributed by atoms with Gasteiger partial charge in [0.25, 0.3) is 5.91 Å². The summed E-state index contributed by atoms with van der Waals surface area (Å²) >= 11 is 11.8. The third-order valence-electron chi connectivity index (χ3n) is 2.91. The highest BCUT2D eigenvalue weighted by Crippen LogP contribution is 2.30. The molecule has 6 heteroatoms. The second kappa shape index (κ2) is 5.23. The van der Waals surface area contributed by atoms with Crippen LogP contribution in [0.4, 0.5) is 10.5 Å². The van der Waals surface area contributed by atoms with E-state index in [1.54, 1.807) is 19.1 Å². The molecule has 1 atom stereocenters. The number of halogens is 2. The first-order valence-electron chi connectivity index (χ1n) is 5.67. The molecule has 1 aromatic rings. The molecule has 0 saturated carbocycles. The Bertz CT molecular complexity index is 539. The minimum atomic E-state index is -0.525. The monoisotopic (exact) mass is 298 g/mol. The Morgan fingerprint density at radius 3 is 2.37 bits per heavy atom. The summed E-state index contributed by atoms with van der Waals surface area (Å²) < 4.78 is 0. The number of benzene rings is 1. The SMILES string of the molecule is C=CCN1C(=O)N(c2cc(Cl)cc(Cl)c2)C(=O)C1C. The Labute approximate surface area is 121 Å². The fourth-order valence-electron chi connectivity index (χ4n) is 1.99. The van der Waals surface area contributed by atoms with E-state index in [4.69, 9.17) is 23.2 Å². The number of hydrogen-bond acceptors (Lipinski definition) is 2. The molecule has 0 spiro atoms. The number of urea groups is 1. The standard InChI is InChI=1S/C13H12Cl2N2O2/c1-3-4-16-8(2)12(18)17(13(16)19)11-6-9(14)5-10(15)7-11/h3,5-8H,1,4H2,2H3. The summed E-state index contributed by atoms with van der Waals surface area (Å²) in [4.78, 5) is 26.9. The summed E-state index contributed by atoms with van der Waals surface area (Å²) in [5.74, 6) is -0.301. The number of hydrogen-bond donors (Lipinski definition) is 0. The Morgan fingerprint density at radius 1 is 1.26 bits per heavy atom. The van der Waals surface area contributed by atoms with Crippen LogP contribution < -0.4 is 4.90 Å². The Kier molecular flexibility index (Phi) is 3.83. The summed E-state index contributed by atoms with van der Waals surface area (Å²) in [6, 6.07) is 3.70. The van der Waals surface area contributed by atoms with Crippen LogP contribution in [0.1, 0.15) is 6.92 Å². The van der Waals surface area contributed by atoms with Crippen molar-refractivity contribution in [3.05, 3.63) is 40.9 Å². The van der Waals surface area contributed by atoms with Crippen molar-refractivity contribution in [1.82, 2.24) is 4.90 Å². The molecule has 0 bridgehead atoms. The van der Waals surface area contributed by atoms with Crippen LogP contribution in [0.5, 0.6) is 0 Å². The lowest BCUT2D eigenvalue weighted by atomic mass is 10.2. The molecule has 0 N–H and O–H groups in total. The van der Waals surface area contributed by atoms with E-state index >= 15 is 0 Å². The zero-order valence-electron chi connectivity index (χ0n) is 10.3. The lowest BCUT2D eigenvalue weighted by molar-refractivity contribution is -0.119. The van der Waals surface area contributed by atoms with Gasteiger partial charge in [0.1, 0.15) is 6.04 Å². The van der Waals surface area contributed by atoms with Gasteiger partial charge < -0.3 is 4.90 Å². The third-order valence-corrected chi connectivity index (χ3v) is 3.35. The van der Waals surface area contributed by atoms with Crippen LogP contribution in [-0.2, 0) is 4.79 Å². The van der Waals surface area contributed by atoms with Gasteiger partial charge in [0.15, 0.2) is 0 Å². The van der Waals surface area contributed by atoms with Gasteiger partial charge in [-0.15, -0.1) is 6.58 Å². The normalized spacial score (nSPS) is 19.2. The molecule has 2 rings (SSSR count). The van der Waals surface area contributed by atoms with Crippen LogP contribution in [0.25, 0.3) is 0 Å². The van der Waals surface area contributed by atoms with E-state index in [1.807, 2.05) is 0 Å². The maximum atomic E-state index is 12.2. The summed E-state index contributed by atoms with van der Waals surface area (Å²) in [5.41, 5.74) is 0.380. The highest BCUT2D eigenvalue weighted by Gasteiger charge is 2.42. The predicted molar refractivity (Wildman–Crippen MR) is 75.7 cm³/mol. The summed E-state index contributed by atoms with van der Waals surface area (Å²) in [6.45, 7) is 5.57. The van der Waals surface area contributed by atoms with Gasteiger partial charge in [-0.1, -0.05) is 29.3 Å². The number of carbonyl (C=O) groups is 2. The van der Waals surface area contributed by atoms with Crippen molar-refractivity contribution < 1.29 is 9.59 Å². The molecule has 1 aliphatic rings. The van der Waals surface area contributed by atoms with E-state index in [1.165, 1.54) is 17.0 Å². The number of anilines is 1. The minimum Gasteiger partial charge on any atom is -0.308 e. The molecule has 0 radical (unpaired) electrons. The quantitative estimate of drug-likeness (QED) is 0.634. The van der Waals surface area contributed by atoms with E-state index < -0.39 is 12.1 Å². The van der Waals surface area contributed by atoms with Gasteiger partial charge in [-0.05, 0) is 25.1 Å². The molecule has 1 heterocycles. The van der Waals surface area contributed by atoms with Gasteiger partial charge in [-0.25, -0.2) is 9.69 Å². The molecule has 0 aromatic heterocycles. The summed E-state index contributed by atoms with van der Waals surface area (Å²) in [7, 11) is 0. The number of carbonyl (C=O) groups excluding carboxylic acids is 2. The fraction of sp³-hybridized carbons (Fsp3) is 0.231. The van der Waals surface area contributed by atoms with Crippen LogP contribution in [0.15, 0.2) is 30.9 Å². The van der Waals surface area contributed by atoms with E-state index in [0.717, 1.165) is 4.90 Å². The molecule has 0 aliphatic carbocycles. The topological polar surface area (TPSA) is 40.6 Å². The number of nitrogens with zero attached hydrogens (tertiary/aromatic N) is 2. The molecule has 3 amide bonds. The number of amides is 3. The van der Waals surface area contributed by atoms with Gasteiger partial charge in [0.2, 0.25) is 0 Å². The van der Waals surface area contributed by atoms with Gasteiger partial charge in [0.05, 0.1) is 5.69 Å². The Balaban J connectivity index is 2.42. The fourth-order valence-corrected chi connectivity index (χ4v) is 2.50. The van der Waals surface area contributed by atoms with Crippen molar-refractivity contribution >= 4 is 40.8 Å². The smallest absolute Gasteiger partial charge is 0.308 e. The minimum absolute atomic E-state index is 0.301. The number of rotatable bonds is 3. The highest BCUT2D eigenvalue weighted by atomic mass is 35.5. The lowest BCUT2D eigenvalue weighted by Gasteiger charge is -2.17. The zero-order chi connectivity index (χ0) is 14.2. The van der Waals surface area contributed by atoms with Gasteiger partial charge in [0, 0.05) is 16.6 Å². The van der Waals surface area contributed by atoms with Crippen molar-refractivity contribution in [3.8, 4) is 0 Å². The largest absolute Gasteiger partial charge is 0.332 e. The van der Waals surface area contributed by atoms with Gasteiger partial charge in [-0.2, -0.15) is 0 Å². The van der Waals surface area contributed by atoms with Gasteiger partial charge >= 0.3 is 6.03 Å². The summed E-state index contributed by atoms with van der Waals surface area (Å²) in [5, 5.41) is 0.746. The first-order chi connectivity index (χ1) is 8.95. The zero-order valence-corrected chi connectivity index (χ0v) is 11.8. The van der Waals surface area contributed by atoms with Crippen molar-refractivity contribution in [2.24, 2.45) is 0 Å². The molecule has 4 nitrogen and oxygen atoms in total. The highest BCUT2D eigenvalue weighted by molar-refractivity contribution is 6.35. The maximum Gasteiger partial charge on any atom is 0.332 e. The molecular weight excluding hydrogens is 287 g/mol. The van der Waals surface area contributed by atoms with E-state index in [2.05, 4.69) is 6.58 Å². The van der Waals surface area contributed by atoms with Crippen LogP contribution in [0.3, 0.4) is 0 Å². The van der Waals surface area contributed by atoms with Crippen LogP contribution in [0.2, 0.25) is 10.0 Å². The van der Waals surface area contributed by atoms with Crippen LogP contribution in [0, 0.1) is 0 Å². The summed E-state index contributed by atoms with van der Waals surface area (Å²) in [6.07, 6.45) is 1.58. The number of imide groups is 1. The molecule has 1 saturated heterocycles. The predicted octanol–water partition coefficient (Wildman–Crippen LogP) is 3.34. The first kappa shape index (κ1) is 13.9. The molecule has 1 fully saturated rings. The van der Waals surface area contributed by atoms with Crippen molar-refractivity contribution in [1.29, 1.82) is 0 Å². The second-order valence-electron chi connectivity index (χ2n) is 4.20. The van der Waals surface area contributed by atoms with Crippen molar-refractivity contribution in [2.45, 2.75) is 13.0 Å². The Hall–Kier alpha value is -1.52. The third kappa shape index (κ3) is 2.46. The van der Waals surface area contributed by atoms with E-state index in [9.17, 15) is 9.59 Å². The van der Waals surface area contributed by atoms with Gasteiger partial charge in [-0.3, -0.25) is 4.79 Å². The van der Waals surface area contributed by atoms with Crippen LogP contribution >= 0.6 is 23.2 Å². The first-order valence-corrected chi connectivity index (χ1v) is 6.43. The molecule has 1 unspecified atom stereocenters. The van der Waals surface area contributed by atoms with Crippen molar-refractivity contribution in [2.75, 3.05) is 11.4 Å². The average Bonchev–Trinajstić information content (AvgIpc) is 2.52. The van der Waals surface area contributed by atoms with E-state index in [-0.39, 0.29) is 5.91 Å². The Morgan fingerprint density at radius 2 is 1.84 bits per heavy atom. The molecule has 100 valence electrons. The maximum absolute atomic E-state index is 12.2. The van der Waals surface area contributed by atoms with E-state index in [0.29, 0.717) is 22.3 Å². The molecular formula is C13H12Cl2N2O2. The average molecular weight is 299 g/mol. The van der Waals surface area contributed by atoms with Crippen molar-refractivity contribution in [3.63, 3.8) is 0 Å². The molecule has 19 heavy (non-hydrogen) atoms.